The topological polar surface area (TPSA) is 0 Å². The molecule has 9 heavy (non-hydrogen) atoms. The molecule has 0 atom stereocenters. The van der Waals surface area contributed by atoms with Gasteiger partial charge in [-0.2, -0.15) is 0 Å². The minimum Gasteiger partial charge on any atom is -0.0991 e. The lowest BCUT2D eigenvalue weighted by molar-refractivity contribution is 0.901. The van der Waals surface area contributed by atoms with Crippen LogP contribution in [0.1, 0.15) is 26.2 Å². The maximum Gasteiger partial charge on any atom is -0.0345 e. The van der Waals surface area contributed by atoms with Crippen LogP contribution in [-0.4, -0.2) is 0 Å². The summed E-state index contributed by atoms with van der Waals surface area (Å²) in [6.07, 6.45) is 11.8. The fourth-order valence-corrected chi connectivity index (χ4v) is 0.611. The van der Waals surface area contributed by atoms with Gasteiger partial charge in [-0.05, 0) is 19.3 Å². The first-order chi connectivity index (χ1) is 4.41. The molecule has 0 rings (SSSR count). The van der Waals surface area contributed by atoms with Gasteiger partial charge in [0, 0.05) is 0 Å². The predicted molar refractivity (Wildman–Crippen MR) is 43.2 cm³/mol. The van der Waals surface area contributed by atoms with Gasteiger partial charge in [-0.1, -0.05) is 38.2 Å². The molecule has 0 saturated heterocycles. The zero-order chi connectivity index (χ0) is 6.95. The second kappa shape index (κ2) is 7.48. The molecule has 0 unspecified atom stereocenters. The summed E-state index contributed by atoms with van der Waals surface area (Å²) in [6.45, 7) is 5.75. The molecule has 0 nitrogen and oxygen atoms in total. The summed E-state index contributed by atoms with van der Waals surface area (Å²) >= 11 is 0. The van der Waals surface area contributed by atoms with Crippen molar-refractivity contribution in [3.8, 4) is 0 Å². The van der Waals surface area contributed by atoms with Gasteiger partial charge >= 0.3 is 0 Å². The van der Waals surface area contributed by atoms with Gasteiger partial charge < -0.3 is 0 Å². The maximum atomic E-state index is 3.58. The van der Waals surface area contributed by atoms with E-state index in [0.29, 0.717) is 0 Å². The molecule has 1 radical (unpaired) electrons. The summed E-state index contributed by atoms with van der Waals surface area (Å²) < 4.78 is 0. The van der Waals surface area contributed by atoms with Gasteiger partial charge in [-0.15, -0.1) is 0 Å². The Morgan fingerprint density at radius 3 is 2.67 bits per heavy atom. The smallest absolute Gasteiger partial charge is 0.0345 e. The largest absolute Gasteiger partial charge is 0.0991 e. The number of allylic oxidation sites excluding steroid dienone is 3. The van der Waals surface area contributed by atoms with Crippen molar-refractivity contribution >= 4 is 0 Å². The van der Waals surface area contributed by atoms with Gasteiger partial charge in [0.2, 0.25) is 0 Å². The van der Waals surface area contributed by atoms with Gasteiger partial charge in [0.05, 0.1) is 0 Å². The van der Waals surface area contributed by atoms with E-state index < -0.39 is 0 Å². The molecular weight excluding hydrogens is 108 g/mol. The zero-order valence-corrected chi connectivity index (χ0v) is 6.14. The van der Waals surface area contributed by atoms with Crippen molar-refractivity contribution in [1.29, 1.82) is 0 Å². The molecule has 0 aromatic rings. The third kappa shape index (κ3) is 7.48. The van der Waals surface area contributed by atoms with Crippen molar-refractivity contribution in [3.05, 3.63) is 31.2 Å². The molecule has 0 amide bonds. The van der Waals surface area contributed by atoms with Crippen LogP contribution in [0.5, 0.6) is 0 Å². The fourth-order valence-electron chi connectivity index (χ4n) is 0.611. The van der Waals surface area contributed by atoms with Crippen LogP contribution >= 0.6 is 0 Å². The second-order valence-electron chi connectivity index (χ2n) is 1.94. The molecule has 0 aromatic carbocycles. The van der Waals surface area contributed by atoms with Gasteiger partial charge in [-0.3, -0.25) is 0 Å². The minimum atomic E-state index is 1.15. The van der Waals surface area contributed by atoms with E-state index in [2.05, 4.69) is 26.0 Å². The number of unbranched alkanes of at least 4 members (excludes halogenated alkanes) is 3. The van der Waals surface area contributed by atoms with E-state index in [1.54, 1.807) is 0 Å². The van der Waals surface area contributed by atoms with E-state index in [9.17, 15) is 0 Å². The maximum absolute atomic E-state index is 3.58. The monoisotopic (exact) mass is 123 g/mol. The molecule has 0 bridgehead atoms. The highest BCUT2D eigenvalue weighted by atomic mass is 13.8. The first-order valence-corrected chi connectivity index (χ1v) is 3.51. The Morgan fingerprint density at radius 1 is 1.33 bits per heavy atom. The first-order valence-electron chi connectivity index (χ1n) is 3.51. The Labute approximate surface area is 58.3 Å². The zero-order valence-electron chi connectivity index (χ0n) is 6.14. The normalized spacial score (nSPS) is 10.3. The summed E-state index contributed by atoms with van der Waals surface area (Å²) in [5.41, 5.74) is 0. The van der Waals surface area contributed by atoms with E-state index >= 15 is 0 Å². The summed E-state index contributed by atoms with van der Waals surface area (Å²) in [4.78, 5) is 0. The predicted octanol–water partition coefficient (Wildman–Crippen LogP) is 3.12. The summed E-state index contributed by atoms with van der Waals surface area (Å²) in [7, 11) is 0. The third-order valence-electron chi connectivity index (χ3n) is 1.10. The SMILES string of the molecule is C=CC=CCC[CH]CC. The Kier molecular flexibility index (Phi) is 7.05. The Bertz CT molecular complexity index is 80.0. The summed E-state index contributed by atoms with van der Waals surface area (Å²) in [6, 6.07) is 0. The molecule has 0 fully saturated rings. The standard InChI is InChI=1S/C9H15/c1-3-5-7-9-8-6-4-2/h3,5-7H,1,4,8-9H2,2H3. The minimum absolute atomic E-state index is 1.15. The third-order valence-corrected chi connectivity index (χ3v) is 1.10. The van der Waals surface area contributed by atoms with Crippen molar-refractivity contribution in [2.24, 2.45) is 0 Å². The Hall–Kier alpha value is -0.520. The van der Waals surface area contributed by atoms with Crippen LogP contribution in [0, 0.1) is 6.42 Å². The van der Waals surface area contributed by atoms with Crippen LogP contribution in [0.25, 0.3) is 0 Å². The lowest BCUT2D eigenvalue weighted by atomic mass is 10.2. The van der Waals surface area contributed by atoms with Gasteiger partial charge in [-0.25, -0.2) is 0 Å². The average Bonchev–Trinajstić information content (AvgIpc) is 1.89. The molecule has 0 aromatic heterocycles. The van der Waals surface area contributed by atoms with Crippen LogP contribution in [-0.2, 0) is 0 Å². The average molecular weight is 123 g/mol. The highest BCUT2D eigenvalue weighted by molar-refractivity contribution is 4.97. The van der Waals surface area contributed by atoms with Gasteiger partial charge in [0.25, 0.3) is 0 Å². The molecule has 0 aliphatic rings. The Morgan fingerprint density at radius 2 is 2.11 bits per heavy atom. The van der Waals surface area contributed by atoms with Crippen LogP contribution in [0.4, 0.5) is 0 Å². The first kappa shape index (κ1) is 8.48. The number of hydrogen-bond acceptors (Lipinski definition) is 0. The van der Waals surface area contributed by atoms with Crippen LogP contribution < -0.4 is 0 Å². The Balaban J connectivity index is 2.90. The lowest BCUT2D eigenvalue weighted by Crippen LogP contribution is -1.70. The molecule has 0 heteroatoms. The van der Waals surface area contributed by atoms with E-state index in [4.69, 9.17) is 0 Å². The molecule has 0 spiro atoms. The molecule has 0 aliphatic heterocycles. The molecule has 0 saturated carbocycles. The van der Waals surface area contributed by atoms with Crippen LogP contribution in [0.2, 0.25) is 0 Å². The summed E-state index contributed by atoms with van der Waals surface area (Å²) in [5.74, 6) is 0. The van der Waals surface area contributed by atoms with Crippen molar-refractivity contribution < 1.29 is 0 Å². The molecule has 0 heterocycles. The van der Waals surface area contributed by atoms with E-state index in [0.717, 1.165) is 6.42 Å². The molecule has 51 valence electrons. The number of hydrogen-bond donors (Lipinski definition) is 0. The van der Waals surface area contributed by atoms with Crippen molar-refractivity contribution in [2.75, 3.05) is 0 Å². The highest BCUT2D eigenvalue weighted by Gasteiger charge is 1.79. The van der Waals surface area contributed by atoms with Crippen molar-refractivity contribution in [3.63, 3.8) is 0 Å². The van der Waals surface area contributed by atoms with E-state index in [1.807, 2.05) is 12.2 Å². The molecule has 0 N–H and O–H groups in total. The van der Waals surface area contributed by atoms with Crippen molar-refractivity contribution in [1.82, 2.24) is 0 Å². The molecule has 0 aliphatic carbocycles. The van der Waals surface area contributed by atoms with Gasteiger partial charge in [0.15, 0.2) is 0 Å². The van der Waals surface area contributed by atoms with E-state index in [-0.39, 0.29) is 0 Å². The second-order valence-corrected chi connectivity index (χ2v) is 1.94. The van der Waals surface area contributed by atoms with Crippen molar-refractivity contribution in [2.45, 2.75) is 26.2 Å². The van der Waals surface area contributed by atoms with Gasteiger partial charge in [0.1, 0.15) is 0 Å². The quantitative estimate of drug-likeness (QED) is 0.389. The van der Waals surface area contributed by atoms with Crippen LogP contribution in [0.15, 0.2) is 24.8 Å². The summed E-state index contributed by atoms with van der Waals surface area (Å²) in [5, 5.41) is 0. The molecular formula is C9H15. The van der Waals surface area contributed by atoms with Crippen LogP contribution in [0.3, 0.4) is 0 Å². The highest BCUT2D eigenvalue weighted by Crippen LogP contribution is 1.97. The lowest BCUT2D eigenvalue weighted by Gasteiger charge is -1.88. The van der Waals surface area contributed by atoms with E-state index in [1.165, 1.54) is 12.8 Å². The fraction of sp³-hybridized carbons (Fsp3) is 0.444. The number of rotatable bonds is 5.